The first kappa shape index (κ1) is 16.7. The monoisotopic (exact) mass is 286 g/mol. The lowest BCUT2D eigenvalue weighted by Gasteiger charge is -2.22. The van der Waals surface area contributed by atoms with Gasteiger partial charge >= 0.3 is 15.6 Å². The normalized spacial score (nSPS) is 12.7. The van der Waals surface area contributed by atoms with Gasteiger partial charge in [0.2, 0.25) is 5.91 Å². The third-order valence-corrected chi connectivity index (χ3v) is 3.39. The van der Waals surface area contributed by atoms with E-state index in [0.717, 1.165) is 0 Å². The summed E-state index contributed by atoms with van der Waals surface area (Å²) in [4.78, 5) is 39.0. The van der Waals surface area contributed by atoms with Gasteiger partial charge in [-0.3, -0.25) is 9.36 Å². The quantitative estimate of drug-likeness (QED) is 0.583. The molecule has 0 radical (unpaired) electrons. The molecule has 0 spiro atoms. The molecule has 0 aliphatic rings. The molecule has 0 aromatic carbocycles. The minimum atomic E-state index is -4.17. The van der Waals surface area contributed by atoms with Gasteiger partial charge in [0.05, 0.1) is 12.7 Å². The molecule has 0 saturated carbocycles. The maximum absolute atomic E-state index is 11.7. The average Bonchev–Trinajstić information content (AvgIpc) is 2.14. The lowest BCUT2D eigenvalue weighted by Crippen LogP contribution is -2.38. The van der Waals surface area contributed by atoms with Gasteiger partial charge in [-0.05, 0) is 4.57 Å². The second kappa shape index (κ2) is 7.19. The molecule has 1 amide bonds. The van der Waals surface area contributed by atoms with E-state index in [4.69, 9.17) is 14.7 Å². The van der Waals surface area contributed by atoms with Crippen molar-refractivity contribution in [1.82, 2.24) is 4.90 Å². The summed E-state index contributed by atoms with van der Waals surface area (Å²) in [6.45, 7) is 3.24. The molecule has 0 aliphatic heterocycles. The lowest BCUT2D eigenvalue weighted by atomic mass is 10.2. The summed E-state index contributed by atoms with van der Waals surface area (Å²) in [5.41, 5.74) is 0. The highest BCUT2D eigenvalue weighted by Gasteiger charge is 2.24. The van der Waals surface area contributed by atoms with Crippen LogP contribution in [0.3, 0.4) is 0 Å². The maximum Gasteiger partial charge on any atom is 0.507 e. The highest BCUT2D eigenvalue weighted by atomic mass is 31.2. The van der Waals surface area contributed by atoms with Gasteiger partial charge < -0.3 is 14.7 Å². The molecule has 17 heavy (non-hydrogen) atoms. The number of carbonyl (C=O) groups is 1. The molecule has 0 bridgehead atoms. The van der Waals surface area contributed by atoms with E-state index in [1.165, 1.54) is 4.90 Å². The summed E-state index contributed by atoms with van der Waals surface area (Å²) in [5, 5.41) is 0. The Balaban J connectivity index is 4.45. The third-order valence-electron chi connectivity index (χ3n) is 2.03. The average molecular weight is 286 g/mol. The Morgan fingerprint density at radius 1 is 1.35 bits per heavy atom. The standard InChI is InChI=1S/C8H17NO6P2/c1-7(2)8(10)9(3-5-16(11)12)4-6-17(13,14)15/h7H,3-6H2,1-2H3,(H2-,11,12,13,14,15)/p+1. The summed E-state index contributed by atoms with van der Waals surface area (Å²) in [7, 11) is -6.52. The van der Waals surface area contributed by atoms with Crippen LogP contribution in [0.1, 0.15) is 13.8 Å². The first-order valence-corrected chi connectivity index (χ1v) is 8.30. The van der Waals surface area contributed by atoms with E-state index in [0.29, 0.717) is 0 Å². The van der Waals surface area contributed by atoms with Crippen LogP contribution < -0.4 is 0 Å². The second-order valence-electron chi connectivity index (χ2n) is 3.94. The van der Waals surface area contributed by atoms with Crippen LogP contribution in [-0.2, 0) is 13.9 Å². The Morgan fingerprint density at radius 3 is 2.24 bits per heavy atom. The summed E-state index contributed by atoms with van der Waals surface area (Å²) < 4.78 is 21.3. The zero-order valence-corrected chi connectivity index (χ0v) is 11.6. The van der Waals surface area contributed by atoms with E-state index in [1.807, 2.05) is 0 Å². The Bertz CT molecular complexity index is 326. The first-order valence-electron chi connectivity index (χ1n) is 5.10. The van der Waals surface area contributed by atoms with E-state index in [-0.39, 0.29) is 31.1 Å². The Labute approximate surface area is 101 Å². The summed E-state index contributed by atoms with van der Waals surface area (Å²) >= 11 is 0. The highest BCUT2D eigenvalue weighted by Crippen LogP contribution is 2.33. The zero-order chi connectivity index (χ0) is 13.6. The molecule has 0 aliphatic carbocycles. The number of amides is 1. The number of carbonyl (C=O) groups excluding carboxylic acids is 1. The minimum Gasteiger partial charge on any atom is -0.337 e. The summed E-state index contributed by atoms with van der Waals surface area (Å²) in [6.07, 6.45) is -0.525. The van der Waals surface area contributed by atoms with E-state index in [9.17, 15) is 13.9 Å². The Morgan fingerprint density at radius 2 is 1.88 bits per heavy atom. The molecule has 1 unspecified atom stereocenters. The van der Waals surface area contributed by atoms with Gasteiger partial charge in [-0.2, -0.15) is 4.89 Å². The van der Waals surface area contributed by atoms with Gasteiger partial charge in [-0.1, -0.05) is 13.8 Å². The molecule has 0 heterocycles. The molecule has 0 aromatic heterocycles. The van der Waals surface area contributed by atoms with Crippen LogP contribution in [-0.4, -0.2) is 50.9 Å². The number of nitrogens with zero attached hydrogens (tertiary/aromatic N) is 1. The topological polar surface area (TPSA) is 115 Å². The van der Waals surface area contributed by atoms with E-state index < -0.39 is 21.8 Å². The molecule has 7 nitrogen and oxygen atoms in total. The smallest absolute Gasteiger partial charge is 0.337 e. The fraction of sp³-hybridized carbons (Fsp3) is 0.875. The van der Waals surface area contributed by atoms with Crippen LogP contribution in [0.2, 0.25) is 0 Å². The van der Waals surface area contributed by atoms with Crippen molar-refractivity contribution in [2.24, 2.45) is 5.92 Å². The van der Waals surface area contributed by atoms with Gasteiger partial charge in [0, 0.05) is 12.5 Å². The van der Waals surface area contributed by atoms with Gasteiger partial charge in [-0.25, -0.2) is 0 Å². The molecular weight excluding hydrogens is 268 g/mol. The Hall–Kier alpha value is -0.320. The predicted molar refractivity (Wildman–Crippen MR) is 63.0 cm³/mol. The molecule has 0 fully saturated rings. The van der Waals surface area contributed by atoms with Gasteiger partial charge in [0.1, 0.15) is 0 Å². The van der Waals surface area contributed by atoms with Crippen molar-refractivity contribution in [3.05, 3.63) is 0 Å². The van der Waals surface area contributed by atoms with E-state index in [1.54, 1.807) is 13.8 Å². The highest BCUT2D eigenvalue weighted by molar-refractivity contribution is 7.51. The second-order valence-corrected chi connectivity index (χ2v) is 6.87. The van der Waals surface area contributed by atoms with Crippen LogP contribution in [0.5, 0.6) is 0 Å². The number of hydrogen-bond donors (Lipinski definition) is 3. The van der Waals surface area contributed by atoms with Crippen molar-refractivity contribution < 1.29 is 28.6 Å². The summed E-state index contributed by atoms with van der Waals surface area (Å²) in [6, 6.07) is 0. The van der Waals surface area contributed by atoms with Crippen LogP contribution >= 0.6 is 15.6 Å². The molecule has 0 rings (SSSR count). The molecule has 9 heteroatoms. The molecule has 100 valence electrons. The Kier molecular flexibility index (Phi) is 7.05. The molecule has 3 N–H and O–H groups in total. The largest absolute Gasteiger partial charge is 0.507 e. The van der Waals surface area contributed by atoms with Crippen LogP contribution in [0.4, 0.5) is 0 Å². The van der Waals surface area contributed by atoms with E-state index in [2.05, 4.69) is 0 Å². The van der Waals surface area contributed by atoms with Crippen molar-refractivity contribution in [2.75, 3.05) is 25.4 Å². The zero-order valence-electron chi connectivity index (χ0n) is 9.81. The lowest BCUT2D eigenvalue weighted by molar-refractivity contribution is -0.133. The first-order chi connectivity index (χ1) is 7.63. The summed E-state index contributed by atoms with van der Waals surface area (Å²) in [5.74, 6) is -0.598. The maximum atomic E-state index is 11.7. The van der Waals surface area contributed by atoms with Crippen molar-refractivity contribution in [3.63, 3.8) is 0 Å². The molecular formula is C8H18NO6P2+. The van der Waals surface area contributed by atoms with Crippen LogP contribution in [0.15, 0.2) is 0 Å². The van der Waals surface area contributed by atoms with Gasteiger partial charge in [-0.15, -0.1) is 0 Å². The fourth-order valence-electron chi connectivity index (χ4n) is 1.15. The molecule has 1 atom stereocenters. The van der Waals surface area contributed by atoms with Crippen LogP contribution in [0, 0.1) is 5.92 Å². The van der Waals surface area contributed by atoms with Crippen molar-refractivity contribution >= 4 is 21.5 Å². The van der Waals surface area contributed by atoms with Crippen molar-refractivity contribution in [3.8, 4) is 0 Å². The molecule has 0 aromatic rings. The van der Waals surface area contributed by atoms with Crippen molar-refractivity contribution in [2.45, 2.75) is 13.8 Å². The minimum absolute atomic E-state index is 0.0305. The van der Waals surface area contributed by atoms with Gasteiger partial charge in [0.25, 0.3) is 0 Å². The number of rotatable bonds is 7. The van der Waals surface area contributed by atoms with Crippen molar-refractivity contribution in [1.29, 1.82) is 0 Å². The predicted octanol–water partition coefficient (Wildman–Crippen LogP) is 0.383. The van der Waals surface area contributed by atoms with E-state index >= 15 is 0 Å². The fourth-order valence-corrected chi connectivity index (χ4v) is 2.07. The molecule has 0 saturated heterocycles. The third kappa shape index (κ3) is 8.41. The van der Waals surface area contributed by atoms with Crippen LogP contribution in [0.25, 0.3) is 0 Å². The van der Waals surface area contributed by atoms with Gasteiger partial charge in [0.15, 0.2) is 6.16 Å². The SMILES string of the molecule is CC(C)C(=O)N(CC[P+](=O)O)CCP(=O)(O)O. The number of hydrogen-bond acceptors (Lipinski definition) is 3.